The molecule has 0 aliphatic heterocycles. The van der Waals surface area contributed by atoms with Crippen LogP contribution in [0.4, 0.5) is 0 Å². The maximum absolute atomic E-state index is 14.2. The minimum atomic E-state index is -1.13. The molecule has 0 aromatic rings. The van der Waals surface area contributed by atoms with Gasteiger partial charge in [-0.3, -0.25) is 9.59 Å². The van der Waals surface area contributed by atoms with E-state index in [9.17, 15) is 9.59 Å². The first kappa shape index (κ1) is 35.0. The van der Waals surface area contributed by atoms with Gasteiger partial charge >= 0.3 is 11.9 Å². The van der Waals surface area contributed by atoms with Crippen molar-refractivity contribution in [3.8, 4) is 0 Å². The Morgan fingerprint density at radius 3 is 1.18 bits per heavy atom. The zero-order valence-corrected chi connectivity index (χ0v) is 26.4. The molecule has 0 radical (unpaired) electrons. The number of esters is 2. The van der Waals surface area contributed by atoms with E-state index in [1.54, 1.807) is 0 Å². The van der Waals surface area contributed by atoms with Crippen LogP contribution in [0, 0.1) is 5.41 Å². The largest absolute Gasteiger partial charge is 0.458 e. The van der Waals surface area contributed by atoms with Crippen LogP contribution in [-0.2, 0) is 19.1 Å². The zero-order chi connectivity index (χ0) is 28.3. The van der Waals surface area contributed by atoms with Crippen LogP contribution in [-0.4, -0.2) is 23.1 Å². The molecule has 1 saturated carbocycles. The first-order chi connectivity index (χ1) is 18.3. The standard InChI is InChI=1S/C34H64O4/c1-7-13-15-18-26-32(22-9-3,23-10-4)37-30(35)34(28-20-17-21-29-34)31(36)38-33(24-11-5,25-12-6)27-19-16-14-8-2/h7-29H2,1-6H3. The van der Waals surface area contributed by atoms with E-state index >= 15 is 0 Å². The second-order valence-corrected chi connectivity index (χ2v) is 12.4. The Kier molecular flexibility index (Phi) is 17.6. The maximum atomic E-state index is 14.2. The molecule has 224 valence electrons. The predicted octanol–water partition coefficient (Wildman–Crippen LogP) is 10.6. The van der Waals surface area contributed by atoms with Gasteiger partial charge in [0.15, 0.2) is 5.41 Å². The van der Waals surface area contributed by atoms with Crippen LogP contribution in [0.25, 0.3) is 0 Å². The number of rotatable bonds is 22. The molecule has 0 aromatic heterocycles. The smallest absolute Gasteiger partial charge is 0.324 e. The van der Waals surface area contributed by atoms with Crippen LogP contribution in [0.5, 0.6) is 0 Å². The van der Waals surface area contributed by atoms with Gasteiger partial charge in [0.05, 0.1) is 0 Å². The number of hydrogen-bond donors (Lipinski definition) is 0. The van der Waals surface area contributed by atoms with Crippen molar-refractivity contribution < 1.29 is 19.1 Å². The van der Waals surface area contributed by atoms with Gasteiger partial charge in [-0.15, -0.1) is 0 Å². The Morgan fingerprint density at radius 2 is 0.868 bits per heavy atom. The maximum Gasteiger partial charge on any atom is 0.324 e. The van der Waals surface area contributed by atoms with Gasteiger partial charge in [-0.1, -0.05) is 125 Å². The van der Waals surface area contributed by atoms with Gasteiger partial charge in [0, 0.05) is 0 Å². The van der Waals surface area contributed by atoms with Crippen molar-refractivity contribution >= 4 is 11.9 Å². The van der Waals surface area contributed by atoms with Gasteiger partial charge in [0.25, 0.3) is 0 Å². The summed E-state index contributed by atoms with van der Waals surface area (Å²) in [6.07, 6.45) is 22.5. The van der Waals surface area contributed by atoms with Crippen molar-refractivity contribution in [2.45, 2.75) is 200 Å². The first-order valence-electron chi connectivity index (χ1n) is 16.8. The third-order valence-corrected chi connectivity index (χ3v) is 8.90. The lowest BCUT2D eigenvalue weighted by Crippen LogP contribution is -2.50. The fourth-order valence-corrected chi connectivity index (χ4v) is 6.86. The highest BCUT2D eigenvalue weighted by atomic mass is 16.6. The topological polar surface area (TPSA) is 52.6 Å². The fraction of sp³-hybridized carbons (Fsp3) is 0.941. The Morgan fingerprint density at radius 1 is 0.500 bits per heavy atom. The van der Waals surface area contributed by atoms with Gasteiger partial charge in [-0.2, -0.15) is 0 Å². The van der Waals surface area contributed by atoms with E-state index in [0.29, 0.717) is 12.8 Å². The molecular formula is C34H64O4. The normalized spacial score (nSPS) is 15.8. The van der Waals surface area contributed by atoms with Crippen molar-refractivity contribution in [1.82, 2.24) is 0 Å². The van der Waals surface area contributed by atoms with Crippen LogP contribution >= 0.6 is 0 Å². The molecule has 38 heavy (non-hydrogen) atoms. The molecule has 1 aliphatic rings. The average molecular weight is 537 g/mol. The van der Waals surface area contributed by atoms with Crippen molar-refractivity contribution in [1.29, 1.82) is 0 Å². The zero-order valence-electron chi connectivity index (χ0n) is 26.4. The third-order valence-electron chi connectivity index (χ3n) is 8.90. The highest BCUT2D eigenvalue weighted by molar-refractivity contribution is 6.00. The Hall–Kier alpha value is -1.06. The lowest BCUT2D eigenvalue weighted by molar-refractivity contribution is -0.196. The molecule has 0 bridgehead atoms. The second-order valence-electron chi connectivity index (χ2n) is 12.4. The number of ether oxygens (including phenoxy) is 2. The molecule has 0 atom stereocenters. The molecule has 1 aliphatic carbocycles. The molecule has 0 spiro atoms. The molecule has 1 rings (SSSR count). The summed E-state index contributed by atoms with van der Waals surface area (Å²) in [4.78, 5) is 28.4. The van der Waals surface area contributed by atoms with Crippen LogP contribution in [0.1, 0.15) is 189 Å². The summed E-state index contributed by atoms with van der Waals surface area (Å²) in [7, 11) is 0. The number of carbonyl (C=O) groups excluding carboxylic acids is 2. The summed E-state index contributed by atoms with van der Waals surface area (Å²) in [5.41, 5.74) is -2.04. The number of carbonyl (C=O) groups is 2. The van der Waals surface area contributed by atoms with E-state index in [1.165, 1.54) is 38.5 Å². The summed E-state index contributed by atoms with van der Waals surface area (Å²) in [6.45, 7) is 13.2. The van der Waals surface area contributed by atoms with E-state index in [1.807, 2.05) is 0 Å². The summed E-state index contributed by atoms with van der Waals surface area (Å²) in [5, 5.41) is 0. The summed E-state index contributed by atoms with van der Waals surface area (Å²) < 4.78 is 13.1. The van der Waals surface area contributed by atoms with Gasteiger partial charge < -0.3 is 9.47 Å². The Labute approximate surface area is 236 Å². The van der Waals surface area contributed by atoms with Crippen molar-refractivity contribution in [2.75, 3.05) is 0 Å². The predicted molar refractivity (Wildman–Crippen MR) is 160 cm³/mol. The summed E-state index contributed by atoms with van der Waals surface area (Å²) >= 11 is 0. The van der Waals surface area contributed by atoms with Crippen LogP contribution in [0.15, 0.2) is 0 Å². The lowest BCUT2D eigenvalue weighted by Gasteiger charge is -2.42. The third kappa shape index (κ3) is 10.8. The SMILES string of the molecule is CCCCCCC(CCC)(CCC)OC(=O)C1(C(=O)OC(CCC)(CCC)CCCCCC)CCCCC1. The molecule has 0 unspecified atom stereocenters. The summed E-state index contributed by atoms with van der Waals surface area (Å²) in [6, 6.07) is 0. The number of hydrogen-bond acceptors (Lipinski definition) is 4. The van der Waals surface area contributed by atoms with Crippen LogP contribution in [0.2, 0.25) is 0 Å². The highest BCUT2D eigenvalue weighted by Crippen LogP contribution is 2.44. The molecular weight excluding hydrogens is 472 g/mol. The molecule has 0 amide bonds. The van der Waals surface area contributed by atoms with Gasteiger partial charge in [0.2, 0.25) is 0 Å². The number of unbranched alkanes of at least 4 members (excludes halogenated alkanes) is 6. The minimum Gasteiger partial charge on any atom is -0.458 e. The van der Waals surface area contributed by atoms with Gasteiger partial charge in [-0.05, 0) is 64.2 Å². The Balaban J connectivity index is 3.25. The van der Waals surface area contributed by atoms with E-state index in [0.717, 1.165) is 96.3 Å². The molecule has 4 heteroatoms. The van der Waals surface area contributed by atoms with Crippen LogP contribution in [0.3, 0.4) is 0 Å². The van der Waals surface area contributed by atoms with Crippen molar-refractivity contribution in [3.05, 3.63) is 0 Å². The van der Waals surface area contributed by atoms with E-state index in [-0.39, 0.29) is 11.9 Å². The van der Waals surface area contributed by atoms with Gasteiger partial charge in [-0.25, -0.2) is 0 Å². The van der Waals surface area contributed by atoms with Crippen LogP contribution < -0.4 is 0 Å². The van der Waals surface area contributed by atoms with Crippen molar-refractivity contribution in [3.63, 3.8) is 0 Å². The summed E-state index contributed by atoms with van der Waals surface area (Å²) in [5.74, 6) is -0.569. The second kappa shape index (κ2) is 19.1. The molecule has 0 aromatic carbocycles. The lowest BCUT2D eigenvalue weighted by atomic mass is 9.73. The molecule has 4 nitrogen and oxygen atoms in total. The van der Waals surface area contributed by atoms with Crippen molar-refractivity contribution in [2.24, 2.45) is 5.41 Å². The molecule has 0 N–H and O–H groups in total. The van der Waals surface area contributed by atoms with Gasteiger partial charge in [0.1, 0.15) is 11.2 Å². The Bertz CT molecular complexity index is 574. The first-order valence-corrected chi connectivity index (χ1v) is 16.8. The van der Waals surface area contributed by atoms with E-state index in [4.69, 9.17) is 9.47 Å². The average Bonchev–Trinajstić information content (AvgIpc) is 2.90. The minimum absolute atomic E-state index is 0.285. The monoisotopic (exact) mass is 536 g/mol. The molecule has 0 heterocycles. The molecule has 1 fully saturated rings. The molecule has 0 saturated heterocycles. The fourth-order valence-electron chi connectivity index (χ4n) is 6.86. The van der Waals surface area contributed by atoms with E-state index in [2.05, 4.69) is 41.5 Å². The highest BCUT2D eigenvalue weighted by Gasteiger charge is 2.53. The quantitative estimate of drug-likeness (QED) is 0.0784. The van der Waals surface area contributed by atoms with E-state index < -0.39 is 16.6 Å².